The molecule has 0 amide bonds. The van der Waals surface area contributed by atoms with Gasteiger partial charge in [-0.05, 0) is 126 Å². The Morgan fingerprint density at radius 3 is 1.07 bits per heavy atom. The van der Waals surface area contributed by atoms with Crippen molar-refractivity contribution in [3.63, 3.8) is 0 Å². The molecule has 10 aromatic carbocycles. The van der Waals surface area contributed by atoms with Crippen molar-refractivity contribution in [1.29, 1.82) is 0 Å². The number of hydrogen-bond donors (Lipinski definition) is 0. The summed E-state index contributed by atoms with van der Waals surface area (Å²) in [6.45, 7) is 0. The Morgan fingerprint density at radius 2 is 0.559 bits per heavy atom. The lowest BCUT2D eigenvalue weighted by Crippen LogP contribution is -2.09. The highest BCUT2D eigenvalue weighted by Gasteiger charge is 2.14. The van der Waals surface area contributed by atoms with Gasteiger partial charge in [-0.25, -0.2) is 0 Å². The molecule has 0 spiro atoms. The van der Waals surface area contributed by atoms with Crippen molar-refractivity contribution in [2.75, 3.05) is 4.90 Å². The Morgan fingerprint density at radius 1 is 0.220 bits per heavy atom. The molecule has 1 heteroatoms. The van der Waals surface area contributed by atoms with Crippen LogP contribution in [0.4, 0.5) is 17.1 Å². The first-order valence-electron chi connectivity index (χ1n) is 23.6. The maximum Gasteiger partial charge on any atom is 0.0645 e. The van der Waals surface area contributed by atoms with E-state index in [9.17, 15) is 11.0 Å². The number of anilines is 3. The summed E-state index contributed by atoms with van der Waals surface area (Å²) in [6.07, 6.45) is 0. The fourth-order valence-corrected chi connectivity index (χ4v) is 7.47. The molecule has 0 fully saturated rings. The minimum Gasteiger partial charge on any atom is -0.311 e. The summed E-state index contributed by atoms with van der Waals surface area (Å²) in [5.74, 6) is 0. The van der Waals surface area contributed by atoms with Crippen LogP contribution in [-0.2, 0) is 0 Å². The average molecular weight is 760 g/mol. The van der Waals surface area contributed by atoms with Crippen molar-refractivity contribution in [2.24, 2.45) is 0 Å². The molecule has 0 aliphatic rings. The van der Waals surface area contributed by atoms with Crippen LogP contribution in [0.25, 0.3) is 77.5 Å². The minimum absolute atomic E-state index is 0.101. The van der Waals surface area contributed by atoms with Gasteiger partial charge < -0.3 is 4.90 Å². The lowest BCUT2D eigenvalue weighted by Gasteiger charge is -2.26. The van der Waals surface area contributed by atoms with Crippen LogP contribution in [-0.4, -0.2) is 0 Å². The Hall–Kier alpha value is -7.74. The van der Waals surface area contributed by atoms with Gasteiger partial charge in [-0.1, -0.05) is 200 Å². The highest BCUT2D eigenvalue weighted by atomic mass is 15.1. The summed E-state index contributed by atoms with van der Waals surface area (Å²) in [6, 6.07) is 61.4. The van der Waals surface area contributed by atoms with Gasteiger partial charge in [0, 0.05) is 17.1 Å². The maximum atomic E-state index is 9.60. The first-order valence-corrected chi connectivity index (χ1v) is 19.6. The summed E-state index contributed by atoms with van der Waals surface area (Å²) in [7, 11) is 0. The quantitative estimate of drug-likeness (QED) is 0.142. The summed E-state index contributed by atoms with van der Waals surface area (Å²) in [5, 5.41) is 2.17. The molecule has 0 saturated carbocycles. The van der Waals surface area contributed by atoms with Crippen LogP contribution < -0.4 is 4.90 Å². The van der Waals surface area contributed by atoms with Gasteiger partial charge in [0.15, 0.2) is 0 Å². The minimum atomic E-state index is -0.398. The van der Waals surface area contributed by atoms with E-state index < -0.39 is 24.2 Å². The molecule has 0 atom stereocenters. The summed E-state index contributed by atoms with van der Waals surface area (Å²) >= 11 is 0. The first kappa shape index (κ1) is 27.8. The van der Waals surface area contributed by atoms with E-state index >= 15 is 0 Å². The molecule has 0 heterocycles. The molecular weight excluding hydrogens is 711 g/mol. The van der Waals surface area contributed by atoms with Crippen molar-refractivity contribution in [1.82, 2.24) is 0 Å². The van der Waals surface area contributed by atoms with E-state index in [-0.39, 0.29) is 46.7 Å². The third-order valence-electron chi connectivity index (χ3n) is 10.6. The Balaban J connectivity index is 1.11. The topological polar surface area (TPSA) is 3.24 Å². The number of benzene rings is 10. The second-order valence-corrected chi connectivity index (χ2v) is 14.4. The third kappa shape index (κ3) is 7.58. The predicted molar refractivity (Wildman–Crippen MR) is 251 cm³/mol. The van der Waals surface area contributed by atoms with Gasteiger partial charge in [-0.15, -0.1) is 0 Å². The van der Waals surface area contributed by atoms with Gasteiger partial charge in [0.25, 0.3) is 0 Å². The highest BCUT2D eigenvalue weighted by molar-refractivity contribution is 5.88. The van der Waals surface area contributed by atoms with Gasteiger partial charge in [0.2, 0.25) is 0 Å². The zero-order valence-electron chi connectivity index (χ0n) is 40.0. The number of rotatable bonds is 9. The molecule has 0 aliphatic heterocycles. The van der Waals surface area contributed by atoms with E-state index in [1.807, 2.05) is 140 Å². The van der Waals surface area contributed by atoms with Gasteiger partial charge in [0.05, 0.1) is 11.0 Å². The molecule has 278 valence electrons. The van der Waals surface area contributed by atoms with Crippen molar-refractivity contribution in [3.05, 3.63) is 249 Å². The normalized spacial score (nSPS) is 12.9. The van der Waals surface area contributed by atoms with Crippen molar-refractivity contribution in [2.45, 2.75) is 0 Å². The number of fused-ring (bicyclic) bond motifs is 1. The maximum absolute atomic E-state index is 9.60. The first-order chi connectivity index (χ1) is 32.6. The lowest BCUT2D eigenvalue weighted by molar-refractivity contribution is 1.28. The summed E-state index contributed by atoms with van der Waals surface area (Å²) in [4.78, 5) is 1.35. The number of nitrogens with zero attached hydrogens (tertiary/aromatic N) is 1. The third-order valence-corrected chi connectivity index (χ3v) is 10.6. The summed E-state index contributed by atoms with van der Waals surface area (Å²) in [5.41, 5.74) is 8.80. The van der Waals surface area contributed by atoms with Crippen LogP contribution in [0.2, 0.25) is 0 Å². The van der Waals surface area contributed by atoms with Gasteiger partial charge in [-0.3, -0.25) is 0 Å². The Kier molecular flexibility index (Phi) is 7.54. The molecule has 0 bridgehead atoms. The highest BCUT2D eigenvalue weighted by Crippen LogP contribution is 2.39. The standard InChI is InChI=1S/C58H41N/c1-3-10-42(11-4-1)45-18-22-47(23-19-45)49-28-34-56(35-29-49)59(57-36-30-50(31-37-57)48-24-20-46(21-25-48)43-12-5-2-6-13-43)58-38-32-51(33-39-58)53-16-9-17-54(40-53)55-27-26-44-14-7-8-15-52(44)41-55/h1-41H/i28D,29D,32D,33D,34D,35D,38D,39D. The van der Waals surface area contributed by atoms with Crippen LogP contribution in [0.1, 0.15) is 11.0 Å². The van der Waals surface area contributed by atoms with Crippen LogP contribution in [0.5, 0.6) is 0 Å². The second kappa shape index (κ2) is 16.0. The molecule has 0 aliphatic carbocycles. The fraction of sp³-hybridized carbons (Fsp3) is 0. The molecule has 0 unspecified atom stereocenters. The SMILES string of the molecule is [2H]c1c([2H])c(N(c2ccc(-c3ccc(-c4ccccc4)cc3)cc2)c2c([2H])c([2H])c(-c3cccc(-c4ccc5ccccc5c4)c3)c([2H])c2[2H])c([2H])c([2H])c1-c1ccc(-c2ccccc2)cc1. The average Bonchev–Trinajstić information content (AvgIpc) is 3.38. The van der Waals surface area contributed by atoms with Crippen LogP contribution >= 0.6 is 0 Å². The predicted octanol–water partition coefficient (Wildman–Crippen LogP) is 16.3. The van der Waals surface area contributed by atoms with Crippen molar-refractivity contribution >= 4 is 27.8 Å². The van der Waals surface area contributed by atoms with Gasteiger partial charge in [0.1, 0.15) is 0 Å². The largest absolute Gasteiger partial charge is 0.311 e. The lowest BCUT2D eigenvalue weighted by atomic mass is 9.97. The molecule has 10 rings (SSSR count). The monoisotopic (exact) mass is 759 g/mol. The van der Waals surface area contributed by atoms with Crippen molar-refractivity contribution in [3.8, 4) is 66.8 Å². The fourth-order valence-electron chi connectivity index (χ4n) is 7.47. The van der Waals surface area contributed by atoms with E-state index in [1.54, 1.807) is 30.3 Å². The molecule has 10 aromatic rings. The van der Waals surface area contributed by atoms with E-state index in [4.69, 9.17) is 0 Å². The van der Waals surface area contributed by atoms with Gasteiger partial charge in [-0.2, -0.15) is 0 Å². The Labute approximate surface area is 358 Å². The molecule has 0 saturated heterocycles. The van der Waals surface area contributed by atoms with E-state index in [0.717, 1.165) is 55.3 Å². The molecule has 0 aromatic heterocycles. The second-order valence-electron chi connectivity index (χ2n) is 14.4. The van der Waals surface area contributed by atoms with Crippen molar-refractivity contribution < 1.29 is 11.0 Å². The smallest absolute Gasteiger partial charge is 0.0645 e. The number of hydrogen-bond acceptors (Lipinski definition) is 1. The van der Waals surface area contributed by atoms with Crippen LogP contribution in [0.15, 0.2) is 249 Å². The van der Waals surface area contributed by atoms with Gasteiger partial charge >= 0.3 is 0 Å². The molecule has 0 radical (unpaired) electrons. The molecule has 1 nitrogen and oxygen atoms in total. The van der Waals surface area contributed by atoms with E-state index in [2.05, 4.69) is 30.3 Å². The van der Waals surface area contributed by atoms with E-state index in [1.165, 1.54) is 4.90 Å². The van der Waals surface area contributed by atoms with Crippen LogP contribution in [0, 0.1) is 0 Å². The summed E-state index contributed by atoms with van der Waals surface area (Å²) < 4.78 is 75.9. The molecule has 59 heavy (non-hydrogen) atoms. The molecule has 0 N–H and O–H groups in total. The Bertz CT molecular complexity index is 3410. The molecular formula is C58H41N. The van der Waals surface area contributed by atoms with E-state index in [0.29, 0.717) is 16.8 Å². The van der Waals surface area contributed by atoms with Crippen LogP contribution in [0.3, 0.4) is 0 Å². The zero-order valence-corrected chi connectivity index (χ0v) is 32.0. The zero-order chi connectivity index (χ0) is 46.3.